The van der Waals surface area contributed by atoms with E-state index in [1.54, 1.807) is 12.1 Å². The van der Waals surface area contributed by atoms with Gasteiger partial charge in [-0.3, -0.25) is 10.0 Å². The van der Waals surface area contributed by atoms with Crippen molar-refractivity contribution in [1.29, 1.82) is 0 Å². The van der Waals surface area contributed by atoms with E-state index in [9.17, 15) is 10.0 Å². The maximum atomic E-state index is 13.2. The van der Waals surface area contributed by atoms with Gasteiger partial charge < -0.3 is 20.2 Å². The van der Waals surface area contributed by atoms with E-state index in [0.717, 1.165) is 24.2 Å². The Balaban J connectivity index is 1.96. The van der Waals surface area contributed by atoms with Gasteiger partial charge in [0.2, 0.25) is 5.91 Å². The van der Waals surface area contributed by atoms with Crippen LogP contribution in [0.3, 0.4) is 0 Å². The molecule has 1 aliphatic carbocycles. The standard InChI is InChI=1S/C25H39N2O4Si/c1-16(2)32(17(3)4,18(5)6)31-23-10-8-9-22-25(23,7)21(24(28)26-22)15-19-11-13-20(14-12-19)27(29)30/h10-14,16-18,21-22,29H,8-9,15H2,1-7H3,(H,26,28)/q-1. The van der Waals surface area contributed by atoms with Crippen LogP contribution in [0.25, 0.3) is 0 Å². The van der Waals surface area contributed by atoms with Crippen molar-refractivity contribution in [2.24, 2.45) is 11.3 Å². The van der Waals surface area contributed by atoms with E-state index in [1.807, 2.05) is 12.1 Å². The summed E-state index contributed by atoms with van der Waals surface area (Å²) in [5, 5.41) is 23.3. The van der Waals surface area contributed by atoms with Gasteiger partial charge in [-0.25, -0.2) is 0 Å². The molecule has 1 heterocycles. The van der Waals surface area contributed by atoms with Crippen molar-refractivity contribution in [3.63, 3.8) is 0 Å². The highest BCUT2D eigenvalue weighted by atomic mass is 28.4. The van der Waals surface area contributed by atoms with Crippen molar-refractivity contribution in [2.45, 2.75) is 90.4 Å². The second kappa shape index (κ2) is 9.19. The normalized spacial score (nSPS) is 25.8. The number of fused-ring (bicyclic) bond motifs is 1. The Morgan fingerprint density at radius 1 is 1.16 bits per heavy atom. The van der Waals surface area contributed by atoms with E-state index in [0.29, 0.717) is 23.0 Å². The van der Waals surface area contributed by atoms with E-state index in [1.165, 1.54) is 0 Å². The molecule has 1 saturated heterocycles. The summed E-state index contributed by atoms with van der Waals surface area (Å²) in [6.45, 7) is 15.9. The van der Waals surface area contributed by atoms with Gasteiger partial charge >= 0.3 is 0 Å². The Hall–Kier alpha value is -1.83. The third kappa shape index (κ3) is 4.10. The van der Waals surface area contributed by atoms with Gasteiger partial charge in [0, 0.05) is 6.04 Å². The molecule has 1 fully saturated rings. The molecule has 32 heavy (non-hydrogen) atoms. The molecule has 3 unspecified atom stereocenters. The molecule has 2 N–H and O–H groups in total. The lowest BCUT2D eigenvalue weighted by Gasteiger charge is -2.48. The number of carbonyl (C=O) groups is 1. The molecule has 2 aliphatic rings. The summed E-state index contributed by atoms with van der Waals surface area (Å²) in [4.78, 5) is 13.2. The topological polar surface area (TPSA) is 84.9 Å². The van der Waals surface area contributed by atoms with Crippen LogP contribution in [0.1, 0.15) is 66.9 Å². The Bertz CT molecular complexity index is 828. The van der Waals surface area contributed by atoms with Crippen LogP contribution >= 0.6 is 0 Å². The molecule has 1 aromatic rings. The zero-order valence-electron chi connectivity index (χ0n) is 20.5. The van der Waals surface area contributed by atoms with Crippen LogP contribution < -0.4 is 10.5 Å². The highest BCUT2D eigenvalue weighted by Gasteiger charge is 2.58. The van der Waals surface area contributed by atoms with Gasteiger partial charge in [0.1, 0.15) is 0 Å². The number of hydrogen-bond donors (Lipinski definition) is 2. The lowest BCUT2D eigenvalue weighted by molar-refractivity contribution is -0.123. The Labute approximate surface area is 193 Å². The summed E-state index contributed by atoms with van der Waals surface area (Å²) in [6, 6.07) is 6.84. The third-order valence-corrected chi connectivity index (χ3v) is 14.0. The summed E-state index contributed by atoms with van der Waals surface area (Å²) < 4.78 is 7.17. The van der Waals surface area contributed by atoms with Gasteiger partial charge in [-0.1, -0.05) is 53.7 Å². The molecular weight excluding hydrogens is 420 g/mol. The predicted octanol–water partition coefficient (Wildman–Crippen LogP) is 5.91. The average molecular weight is 460 g/mol. The Kier molecular flexibility index (Phi) is 7.13. The van der Waals surface area contributed by atoms with E-state index in [2.05, 4.69) is 59.9 Å². The van der Waals surface area contributed by atoms with Gasteiger partial charge in [-0.05, 0) is 66.6 Å². The van der Waals surface area contributed by atoms with E-state index >= 15 is 0 Å². The van der Waals surface area contributed by atoms with Crippen LogP contribution in [0, 0.1) is 16.5 Å². The molecule has 7 heteroatoms. The maximum absolute atomic E-state index is 13.2. The molecule has 0 spiro atoms. The number of nitrogens with one attached hydrogen (secondary N) is 1. The van der Waals surface area contributed by atoms with Crippen LogP contribution in [0.4, 0.5) is 5.69 Å². The molecule has 1 aliphatic heterocycles. The second-order valence-electron chi connectivity index (χ2n) is 10.6. The van der Waals surface area contributed by atoms with E-state index < -0.39 is 13.7 Å². The van der Waals surface area contributed by atoms with Crippen molar-refractivity contribution in [2.75, 3.05) is 5.23 Å². The number of allylic oxidation sites excluding steroid dienone is 1. The second-order valence-corrected chi connectivity index (χ2v) is 16.0. The summed E-state index contributed by atoms with van der Waals surface area (Å²) in [7, 11) is -2.16. The molecule has 0 aromatic heterocycles. The first-order valence-corrected chi connectivity index (χ1v) is 14.0. The number of anilines is 1. The molecule has 3 atom stereocenters. The fourth-order valence-electron chi connectivity index (χ4n) is 6.25. The van der Waals surface area contributed by atoms with Crippen molar-refractivity contribution in [3.8, 4) is 0 Å². The van der Waals surface area contributed by atoms with Crippen LogP contribution in [0.2, 0.25) is 16.6 Å². The highest BCUT2D eigenvalue weighted by molar-refractivity contribution is 6.77. The average Bonchev–Trinajstić information content (AvgIpc) is 2.96. The number of hydrogen-bond acceptors (Lipinski definition) is 5. The van der Waals surface area contributed by atoms with Crippen LogP contribution in [0.5, 0.6) is 0 Å². The minimum absolute atomic E-state index is 0.0621. The van der Waals surface area contributed by atoms with E-state index in [4.69, 9.17) is 9.63 Å². The number of nitrogens with zero attached hydrogens (tertiary/aromatic N) is 1. The zero-order chi connectivity index (χ0) is 23.8. The van der Waals surface area contributed by atoms with Crippen molar-refractivity contribution in [1.82, 2.24) is 5.32 Å². The van der Waals surface area contributed by atoms with Crippen LogP contribution in [0.15, 0.2) is 36.1 Å². The first-order valence-electron chi connectivity index (χ1n) is 11.9. The van der Waals surface area contributed by atoms with Gasteiger partial charge in [0.25, 0.3) is 8.32 Å². The zero-order valence-corrected chi connectivity index (χ0v) is 21.5. The summed E-state index contributed by atoms with van der Waals surface area (Å²) in [6.07, 6.45) is 4.62. The van der Waals surface area contributed by atoms with Gasteiger partial charge in [0.05, 0.1) is 22.8 Å². The molecule has 0 saturated carbocycles. The Morgan fingerprint density at radius 3 is 2.22 bits per heavy atom. The maximum Gasteiger partial charge on any atom is 0.258 e. The molecule has 3 rings (SSSR count). The number of carbonyl (C=O) groups excluding carboxylic acids is 1. The largest absolute Gasteiger partial charge is 0.733 e. The molecule has 0 bridgehead atoms. The minimum Gasteiger partial charge on any atom is -0.733 e. The molecule has 1 amide bonds. The summed E-state index contributed by atoms with van der Waals surface area (Å²) >= 11 is 0. The van der Waals surface area contributed by atoms with E-state index in [-0.39, 0.29) is 28.8 Å². The lowest BCUT2D eigenvalue weighted by Crippen LogP contribution is -2.51. The molecule has 1 aromatic carbocycles. The predicted molar refractivity (Wildman–Crippen MR) is 131 cm³/mol. The van der Waals surface area contributed by atoms with Gasteiger partial charge in [-0.2, -0.15) is 0 Å². The van der Waals surface area contributed by atoms with Crippen molar-refractivity contribution >= 4 is 19.9 Å². The third-order valence-electron chi connectivity index (χ3n) is 7.99. The minimum atomic E-state index is -2.16. The van der Waals surface area contributed by atoms with Crippen LogP contribution in [-0.4, -0.2) is 25.5 Å². The fraction of sp³-hybridized carbons (Fsp3) is 0.640. The molecular formula is C25H39N2O4Si-. The van der Waals surface area contributed by atoms with Gasteiger partial charge in [0.15, 0.2) is 0 Å². The molecule has 0 radical (unpaired) electrons. The quantitative estimate of drug-likeness (QED) is 0.373. The number of rotatable bonds is 8. The van der Waals surface area contributed by atoms with Crippen molar-refractivity contribution in [3.05, 3.63) is 46.9 Å². The van der Waals surface area contributed by atoms with Crippen LogP contribution in [-0.2, 0) is 15.6 Å². The van der Waals surface area contributed by atoms with Gasteiger partial charge in [-0.15, -0.1) is 0 Å². The smallest absolute Gasteiger partial charge is 0.258 e. The fourth-order valence-corrected chi connectivity index (χ4v) is 11.6. The lowest BCUT2D eigenvalue weighted by atomic mass is 9.67. The molecule has 6 nitrogen and oxygen atoms in total. The number of benzene rings is 1. The molecule has 178 valence electrons. The monoisotopic (exact) mass is 459 g/mol. The first kappa shape index (κ1) is 24.8. The highest BCUT2D eigenvalue weighted by Crippen LogP contribution is 2.53. The Morgan fingerprint density at radius 2 is 1.72 bits per heavy atom. The first-order chi connectivity index (χ1) is 14.9. The van der Waals surface area contributed by atoms with Crippen molar-refractivity contribution < 1.29 is 14.4 Å². The summed E-state index contributed by atoms with van der Waals surface area (Å²) in [5.74, 6) is 0.814. The number of amides is 1. The summed E-state index contributed by atoms with van der Waals surface area (Å²) in [5.41, 5.74) is 2.09. The SMILES string of the molecule is CC(C)[Si](OC1=CCCC2NC(=O)C(Cc3ccc(N([O-])O)cc3)C12C)(C(C)C)C(C)C.